The Kier molecular flexibility index (Phi) is 6.33. The first-order valence-corrected chi connectivity index (χ1v) is 10.5. The Balaban J connectivity index is 1.80. The van der Waals surface area contributed by atoms with Gasteiger partial charge in [-0.05, 0) is 67.6 Å². The lowest BCUT2D eigenvalue weighted by molar-refractivity contribution is 0.0953. The number of ether oxygens (including phenoxy) is 1. The van der Waals surface area contributed by atoms with Crippen molar-refractivity contribution in [2.75, 3.05) is 13.2 Å². The predicted molar refractivity (Wildman–Crippen MR) is 105 cm³/mol. The van der Waals surface area contributed by atoms with Crippen molar-refractivity contribution in [2.24, 2.45) is 0 Å². The average Bonchev–Trinajstić information content (AvgIpc) is 3.23. The second-order valence-electron chi connectivity index (χ2n) is 6.17. The molecule has 0 radical (unpaired) electrons. The summed E-state index contributed by atoms with van der Waals surface area (Å²) in [6.07, 6.45) is 1.36. The van der Waals surface area contributed by atoms with E-state index in [4.69, 9.17) is 9.15 Å². The molecule has 3 rings (SSSR count). The van der Waals surface area contributed by atoms with Crippen LogP contribution >= 0.6 is 0 Å². The SMILES string of the molecule is CCOc1ccc(C(=O)NCC(c2ccco2)S(=O)(=O)c2ccc(F)cc2)cc1. The molecule has 0 aliphatic carbocycles. The number of rotatable bonds is 8. The van der Waals surface area contributed by atoms with Crippen molar-refractivity contribution in [3.05, 3.63) is 84.1 Å². The van der Waals surface area contributed by atoms with E-state index in [0.717, 1.165) is 12.1 Å². The molecule has 29 heavy (non-hydrogen) atoms. The van der Waals surface area contributed by atoms with Gasteiger partial charge in [-0.1, -0.05) is 0 Å². The van der Waals surface area contributed by atoms with Crippen LogP contribution in [0.15, 0.2) is 76.2 Å². The molecular weight excluding hydrogens is 397 g/mol. The minimum atomic E-state index is -3.93. The van der Waals surface area contributed by atoms with Crippen LogP contribution in [-0.4, -0.2) is 27.5 Å². The number of amides is 1. The smallest absolute Gasteiger partial charge is 0.251 e. The molecule has 0 saturated heterocycles. The highest BCUT2D eigenvalue weighted by Gasteiger charge is 2.32. The van der Waals surface area contributed by atoms with Gasteiger partial charge in [-0.3, -0.25) is 4.79 Å². The van der Waals surface area contributed by atoms with Crippen molar-refractivity contribution in [1.29, 1.82) is 0 Å². The highest BCUT2D eigenvalue weighted by Crippen LogP contribution is 2.29. The highest BCUT2D eigenvalue weighted by molar-refractivity contribution is 7.91. The van der Waals surface area contributed by atoms with Gasteiger partial charge >= 0.3 is 0 Å². The standard InChI is InChI=1S/C21H20FNO5S/c1-2-27-17-9-5-15(6-10-17)21(24)23-14-20(19-4-3-13-28-19)29(25,26)18-11-7-16(22)8-12-18/h3-13,20H,2,14H2,1H3,(H,23,24). The maximum Gasteiger partial charge on any atom is 0.251 e. The summed E-state index contributed by atoms with van der Waals surface area (Å²) in [5, 5.41) is 1.48. The Morgan fingerprint density at radius 2 is 1.79 bits per heavy atom. The molecule has 3 aromatic rings. The van der Waals surface area contributed by atoms with Gasteiger partial charge in [-0.25, -0.2) is 12.8 Å². The number of carbonyl (C=O) groups is 1. The zero-order chi connectivity index (χ0) is 20.9. The van der Waals surface area contributed by atoms with Gasteiger partial charge in [0.1, 0.15) is 22.6 Å². The molecule has 6 nitrogen and oxygen atoms in total. The van der Waals surface area contributed by atoms with Crippen molar-refractivity contribution < 1.29 is 26.8 Å². The molecule has 8 heteroatoms. The molecule has 1 unspecified atom stereocenters. The first kappa shape index (κ1) is 20.6. The fourth-order valence-corrected chi connectivity index (χ4v) is 4.37. The third kappa shape index (κ3) is 4.83. The molecule has 1 aromatic heterocycles. The Labute approximate surface area is 168 Å². The van der Waals surface area contributed by atoms with Crippen LogP contribution in [0.25, 0.3) is 0 Å². The minimum absolute atomic E-state index is 0.0596. The summed E-state index contributed by atoms with van der Waals surface area (Å²) >= 11 is 0. The largest absolute Gasteiger partial charge is 0.494 e. The van der Waals surface area contributed by atoms with E-state index in [1.165, 1.54) is 24.5 Å². The van der Waals surface area contributed by atoms with Crippen LogP contribution in [0.4, 0.5) is 4.39 Å². The third-order valence-corrected chi connectivity index (χ3v) is 6.33. The van der Waals surface area contributed by atoms with Crippen molar-refractivity contribution in [3.63, 3.8) is 0 Å². The Morgan fingerprint density at radius 1 is 1.10 bits per heavy atom. The number of furan rings is 1. The number of carbonyl (C=O) groups excluding carboxylic acids is 1. The fourth-order valence-electron chi connectivity index (χ4n) is 2.78. The molecule has 0 bridgehead atoms. The first-order chi connectivity index (χ1) is 13.9. The number of hydrogen-bond acceptors (Lipinski definition) is 5. The van der Waals surface area contributed by atoms with Gasteiger partial charge in [0.2, 0.25) is 0 Å². The monoisotopic (exact) mass is 417 g/mol. The zero-order valence-electron chi connectivity index (χ0n) is 15.7. The maximum absolute atomic E-state index is 13.2. The van der Waals surface area contributed by atoms with Crippen molar-refractivity contribution in [2.45, 2.75) is 17.1 Å². The van der Waals surface area contributed by atoms with Crippen LogP contribution in [0.1, 0.15) is 28.3 Å². The van der Waals surface area contributed by atoms with E-state index in [1.807, 2.05) is 6.92 Å². The third-order valence-electron chi connectivity index (χ3n) is 4.25. The molecule has 2 aromatic carbocycles. The molecule has 0 saturated carbocycles. The van der Waals surface area contributed by atoms with E-state index in [9.17, 15) is 17.6 Å². The van der Waals surface area contributed by atoms with Gasteiger partial charge < -0.3 is 14.5 Å². The summed E-state index contributed by atoms with van der Waals surface area (Å²) in [4.78, 5) is 12.4. The van der Waals surface area contributed by atoms with E-state index < -0.39 is 26.8 Å². The van der Waals surface area contributed by atoms with Crippen LogP contribution in [0.3, 0.4) is 0 Å². The summed E-state index contributed by atoms with van der Waals surface area (Å²) in [5.74, 6) is -0.154. The quantitative estimate of drug-likeness (QED) is 0.564. The molecule has 0 aliphatic rings. The lowest BCUT2D eigenvalue weighted by Crippen LogP contribution is -2.31. The van der Waals surface area contributed by atoms with E-state index in [0.29, 0.717) is 17.9 Å². The number of sulfone groups is 1. The lowest BCUT2D eigenvalue weighted by atomic mass is 10.2. The van der Waals surface area contributed by atoms with Crippen molar-refractivity contribution >= 4 is 15.7 Å². The summed E-state index contributed by atoms with van der Waals surface area (Å²) in [6.45, 7) is 2.16. The van der Waals surface area contributed by atoms with Crippen LogP contribution < -0.4 is 10.1 Å². The van der Waals surface area contributed by atoms with E-state index in [1.54, 1.807) is 30.3 Å². The maximum atomic E-state index is 13.2. The van der Waals surface area contributed by atoms with Crippen molar-refractivity contribution in [3.8, 4) is 5.75 Å². The van der Waals surface area contributed by atoms with Crippen LogP contribution in [0.5, 0.6) is 5.75 Å². The summed E-state index contributed by atoms with van der Waals surface area (Å²) in [5.41, 5.74) is 0.367. The predicted octanol–water partition coefficient (Wildman–Crippen LogP) is 3.76. The van der Waals surface area contributed by atoms with Gasteiger partial charge in [0, 0.05) is 12.1 Å². The molecular formula is C21H20FNO5S. The molecule has 1 atom stereocenters. The fraction of sp³-hybridized carbons (Fsp3) is 0.190. The topological polar surface area (TPSA) is 85.6 Å². The molecule has 152 valence electrons. The Morgan fingerprint density at radius 3 is 2.38 bits per heavy atom. The zero-order valence-corrected chi connectivity index (χ0v) is 16.5. The number of halogens is 1. The van der Waals surface area contributed by atoms with Crippen LogP contribution in [-0.2, 0) is 9.84 Å². The normalized spacial score (nSPS) is 12.3. The second kappa shape index (κ2) is 8.91. The average molecular weight is 417 g/mol. The van der Waals surface area contributed by atoms with E-state index in [-0.39, 0.29) is 17.2 Å². The summed E-state index contributed by atoms with van der Waals surface area (Å²) in [7, 11) is -3.93. The lowest BCUT2D eigenvalue weighted by Gasteiger charge is -2.17. The van der Waals surface area contributed by atoms with Gasteiger partial charge in [0.15, 0.2) is 9.84 Å². The Bertz CT molecular complexity index is 1050. The molecule has 1 amide bonds. The number of nitrogens with one attached hydrogen (secondary N) is 1. The summed E-state index contributed by atoms with van der Waals surface area (Å²) < 4.78 is 49.9. The second-order valence-corrected chi connectivity index (χ2v) is 8.30. The highest BCUT2D eigenvalue weighted by atomic mass is 32.2. The minimum Gasteiger partial charge on any atom is -0.494 e. The van der Waals surface area contributed by atoms with Crippen LogP contribution in [0, 0.1) is 5.82 Å². The van der Waals surface area contributed by atoms with E-state index >= 15 is 0 Å². The van der Waals surface area contributed by atoms with Gasteiger partial charge in [0.05, 0.1) is 17.8 Å². The first-order valence-electron chi connectivity index (χ1n) is 8.95. The summed E-state index contributed by atoms with van der Waals surface area (Å²) in [6, 6.07) is 14.1. The van der Waals surface area contributed by atoms with Gasteiger partial charge in [-0.2, -0.15) is 0 Å². The molecule has 0 fully saturated rings. The van der Waals surface area contributed by atoms with Gasteiger partial charge in [0.25, 0.3) is 5.91 Å². The molecule has 1 N–H and O–H groups in total. The van der Waals surface area contributed by atoms with Crippen molar-refractivity contribution in [1.82, 2.24) is 5.32 Å². The number of hydrogen-bond donors (Lipinski definition) is 1. The number of benzene rings is 2. The van der Waals surface area contributed by atoms with Gasteiger partial charge in [-0.15, -0.1) is 0 Å². The van der Waals surface area contributed by atoms with E-state index in [2.05, 4.69) is 5.32 Å². The Hall–Kier alpha value is -3.13. The molecule has 0 spiro atoms. The van der Waals surface area contributed by atoms with Crippen LogP contribution in [0.2, 0.25) is 0 Å². The molecule has 0 aliphatic heterocycles. The molecule has 1 heterocycles.